The largest absolute Gasteiger partial charge is 0.350 e. The van der Waals surface area contributed by atoms with E-state index in [-0.39, 0.29) is 11.5 Å². The molecule has 0 atom stereocenters. The minimum absolute atomic E-state index is 0.172. The molecule has 2 heterocycles. The molecule has 0 saturated carbocycles. The Morgan fingerprint density at radius 1 is 1.29 bits per heavy atom. The van der Waals surface area contributed by atoms with E-state index in [1.165, 1.54) is 13.2 Å². The average Bonchev–Trinajstić information content (AvgIpc) is 2.90. The Labute approximate surface area is 138 Å². The van der Waals surface area contributed by atoms with E-state index in [9.17, 15) is 14.4 Å². The molecule has 8 nitrogen and oxygen atoms in total. The summed E-state index contributed by atoms with van der Waals surface area (Å²) in [6, 6.07) is 0. The highest BCUT2D eigenvalue weighted by Gasteiger charge is 2.23. The molecule has 0 spiro atoms. The second-order valence-corrected chi connectivity index (χ2v) is 6.09. The zero-order chi connectivity index (χ0) is 17.3. The van der Waals surface area contributed by atoms with Gasteiger partial charge in [0.05, 0.1) is 5.69 Å². The number of aromatic nitrogens is 4. The van der Waals surface area contributed by atoms with Crippen molar-refractivity contribution < 1.29 is 4.79 Å². The maximum absolute atomic E-state index is 12.5. The lowest BCUT2D eigenvalue weighted by Gasteiger charge is -2.11. The van der Waals surface area contributed by atoms with E-state index in [4.69, 9.17) is 0 Å². The molecule has 1 aliphatic rings. The number of hydrogen-bond donors (Lipinski definition) is 2. The van der Waals surface area contributed by atoms with Crippen LogP contribution < -0.4 is 16.6 Å². The van der Waals surface area contributed by atoms with E-state index >= 15 is 0 Å². The first-order valence-corrected chi connectivity index (χ1v) is 8.09. The van der Waals surface area contributed by atoms with Crippen molar-refractivity contribution in [2.24, 2.45) is 14.1 Å². The summed E-state index contributed by atoms with van der Waals surface area (Å²) < 4.78 is 2.67. The number of aryl methyl sites for hydroxylation is 2. The van der Waals surface area contributed by atoms with Gasteiger partial charge in [0.1, 0.15) is 5.69 Å². The minimum Gasteiger partial charge on any atom is -0.350 e. The number of nitrogens with zero attached hydrogens (tertiary/aromatic N) is 3. The van der Waals surface area contributed by atoms with Crippen molar-refractivity contribution in [3.8, 4) is 0 Å². The summed E-state index contributed by atoms with van der Waals surface area (Å²) in [5, 5.41) is 7.28. The molecule has 1 aliphatic carbocycles. The standard InChI is InChI=1S/C16H21N5O3/c1-20-15(23)10(9-18-16(20)24)7-8-17-14(22)13-11-5-3-4-6-12(11)19-21(13)2/h9H,3-8H2,1-2H3,(H,17,22)(H,18,24). The molecule has 0 bridgehead atoms. The van der Waals surface area contributed by atoms with E-state index < -0.39 is 5.69 Å². The lowest BCUT2D eigenvalue weighted by atomic mass is 9.95. The van der Waals surface area contributed by atoms with Gasteiger partial charge in [-0.25, -0.2) is 4.79 Å². The Bertz CT molecular complexity index is 890. The smallest absolute Gasteiger partial charge is 0.328 e. The van der Waals surface area contributed by atoms with E-state index in [2.05, 4.69) is 15.4 Å². The average molecular weight is 331 g/mol. The SMILES string of the molecule is Cn1nc2c(c1C(=O)NCCc1c[nH]c(=O)n(C)c1=O)CCCC2. The van der Waals surface area contributed by atoms with Gasteiger partial charge in [-0.2, -0.15) is 5.10 Å². The zero-order valence-electron chi connectivity index (χ0n) is 13.9. The van der Waals surface area contributed by atoms with Crippen molar-refractivity contribution >= 4 is 5.91 Å². The van der Waals surface area contributed by atoms with E-state index in [0.717, 1.165) is 41.5 Å². The highest BCUT2D eigenvalue weighted by Crippen LogP contribution is 2.23. The fourth-order valence-electron chi connectivity index (χ4n) is 3.15. The second kappa shape index (κ2) is 6.46. The Morgan fingerprint density at radius 2 is 2.04 bits per heavy atom. The summed E-state index contributed by atoms with van der Waals surface area (Å²) in [5.41, 5.74) is 2.34. The topological polar surface area (TPSA) is 102 Å². The molecule has 1 amide bonds. The van der Waals surface area contributed by atoms with Crippen molar-refractivity contribution in [2.45, 2.75) is 32.1 Å². The van der Waals surface area contributed by atoms with Crippen LogP contribution in [0.2, 0.25) is 0 Å². The molecule has 8 heteroatoms. The van der Waals surface area contributed by atoms with Crippen molar-refractivity contribution in [1.82, 2.24) is 24.6 Å². The summed E-state index contributed by atoms with van der Waals surface area (Å²) >= 11 is 0. The lowest BCUT2D eigenvalue weighted by Crippen LogP contribution is -2.36. The van der Waals surface area contributed by atoms with E-state index in [1.807, 2.05) is 0 Å². The Kier molecular flexibility index (Phi) is 4.37. The molecule has 24 heavy (non-hydrogen) atoms. The predicted octanol–water partition coefficient (Wildman–Crippen LogP) is -0.342. The van der Waals surface area contributed by atoms with Gasteiger partial charge in [0.2, 0.25) is 0 Å². The molecule has 0 aromatic carbocycles. The van der Waals surface area contributed by atoms with Crippen LogP contribution >= 0.6 is 0 Å². The number of nitrogens with one attached hydrogen (secondary N) is 2. The van der Waals surface area contributed by atoms with Crippen molar-refractivity contribution in [3.63, 3.8) is 0 Å². The number of aromatic amines is 1. The van der Waals surface area contributed by atoms with Gasteiger partial charge in [-0.05, 0) is 32.1 Å². The number of rotatable bonds is 4. The maximum atomic E-state index is 12.5. The van der Waals surface area contributed by atoms with E-state index in [0.29, 0.717) is 24.2 Å². The fourth-order valence-corrected chi connectivity index (χ4v) is 3.15. The van der Waals surface area contributed by atoms with Crippen LogP contribution in [0.1, 0.15) is 40.2 Å². The molecule has 2 aromatic heterocycles. The first-order valence-electron chi connectivity index (χ1n) is 8.09. The van der Waals surface area contributed by atoms with Crippen molar-refractivity contribution in [3.05, 3.63) is 49.5 Å². The third kappa shape index (κ3) is 2.91. The Balaban J connectivity index is 1.69. The molecule has 0 radical (unpaired) electrons. The number of amides is 1. The molecule has 0 aliphatic heterocycles. The van der Waals surface area contributed by atoms with E-state index in [1.54, 1.807) is 11.7 Å². The third-order valence-electron chi connectivity index (χ3n) is 4.47. The quantitative estimate of drug-likeness (QED) is 0.800. The van der Waals surface area contributed by atoms with Crippen molar-refractivity contribution in [2.75, 3.05) is 6.54 Å². The van der Waals surface area contributed by atoms with Crippen LogP contribution in [-0.2, 0) is 33.4 Å². The fraction of sp³-hybridized carbons (Fsp3) is 0.500. The highest BCUT2D eigenvalue weighted by molar-refractivity contribution is 5.94. The minimum atomic E-state index is -0.450. The van der Waals surface area contributed by atoms with Crippen LogP contribution in [0, 0.1) is 0 Å². The van der Waals surface area contributed by atoms with Crippen LogP contribution in [-0.4, -0.2) is 31.8 Å². The molecule has 3 rings (SSSR count). The molecule has 0 unspecified atom stereocenters. The van der Waals surface area contributed by atoms with Gasteiger partial charge < -0.3 is 10.3 Å². The van der Waals surface area contributed by atoms with Crippen LogP contribution in [0.15, 0.2) is 15.8 Å². The Morgan fingerprint density at radius 3 is 2.83 bits per heavy atom. The molecule has 128 valence electrons. The first kappa shape index (κ1) is 16.2. The van der Waals surface area contributed by atoms with Crippen LogP contribution in [0.25, 0.3) is 0 Å². The van der Waals surface area contributed by atoms with Crippen molar-refractivity contribution in [1.29, 1.82) is 0 Å². The molecular weight excluding hydrogens is 310 g/mol. The van der Waals surface area contributed by atoms with Gasteiger partial charge in [0, 0.05) is 38.0 Å². The number of carbonyl (C=O) groups is 1. The Hall–Kier alpha value is -2.64. The van der Waals surface area contributed by atoms with Crippen LogP contribution in [0.4, 0.5) is 0 Å². The number of carbonyl (C=O) groups excluding carboxylic acids is 1. The predicted molar refractivity (Wildman–Crippen MR) is 88.2 cm³/mol. The summed E-state index contributed by atoms with van der Waals surface area (Å²) in [6.07, 6.45) is 5.75. The molecule has 2 aromatic rings. The summed E-state index contributed by atoms with van der Waals surface area (Å²) in [5.74, 6) is -0.172. The monoisotopic (exact) mass is 331 g/mol. The van der Waals surface area contributed by atoms with Gasteiger partial charge in [-0.15, -0.1) is 0 Å². The van der Waals surface area contributed by atoms with Gasteiger partial charge in [-0.1, -0.05) is 0 Å². The zero-order valence-corrected chi connectivity index (χ0v) is 13.9. The van der Waals surface area contributed by atoms with Gasteiger partial charge in [-0.3, -0.25) is 18.8 Å². The lowest BCUT2D eigenvalue weighted by molar-refractivity contribution is 0.0943. The summed E-state index contributed by atoms with van der Waals surface area (Å²) in [6.45, 7) is 0.320. The van der Waals surface area contributed by atoms with Gasteiger partial charge in [0.15, 0.2) is 0 Å². The third-order valence-corrected chi connectivity index (χ3v) is 4.47. The highest BCUT2D eigenvalue weighted by atomic mass is 16.2. The molecule has 0 fully saturated rings. The summed E-state index contributed by atoms with van der Waals surface area (Å²) in [7, 11) is 3.20. The summed E-state index contributed by atoms with van der Waals surface area (Å²) in [4.78, 5) is 38.3. The maximum Gasteiger partial charge on any atom is 0.328 e. The molecular formula is C16H21N5O3. The van der Waals surface area contributed by atoms with Gasteiger partial charge >= 0.3 is 5.69 Å². The number of H-pyrrole nitrogens is 1. The molecule has 0 saturated heterocycles. The molecule has 2 N–H and O–H groups in total. The van der Waals surface area contributed by atoms with Crippen LogP contribution in [0.3, 0.4) is 0 Å². The van der Waals surface area contributed by atoms with Crippen LogP contribution in [0.5, 0.6) is 0 Å². The second-order valence-electron chi connectivity index (χ2n) is 6.09. The first-order chi connectivity index (χ1) is 11.5. The number of hydrogen-bond acceptors (Lipinski definition) is 4. The number of fused-ring (bicyclic) bond motifs is 1. The normalized spacial score (nSPS) is 13.6. The van der Waals surface area contributed by atoms with Gasteiger partial charge in [0.25, 0.3) is 11.5 Å².